The Morgan fingerprint density at radius 1 is 0.493 bits per heavy atom. The van der Waals surface area contributed by atoms with E-state index in [0.717, 1.165) is 66.8 Å². The molecule has 14 rings (SSSR count). The smallest absolute Gasteiger partial charge is 0.136 e. The zero-order chi connectivity index (χ0) is 49.2. The van der Waals surface area contributed by atoms with Crippen LogP contribution in [0.25, 0.3) is 61.0 Å². The summed E-state index contributed by atoms with van der Waals surface area (Å²) in [6.45, 7) is 2.19. The van der Waals surface area contributed by atoms with Gasteiger partial charge in [0.25, 0.3) is 0 Å². The van der Waals surface area contributed by atoms with Gasteiger partial charge in [-0.1, -0.05) is 175 Å². The largest absolute Gasteiger partial charge is 0.509 e. The molecule has 1 aliphatic carbocycles. The quantitative estimate of drug-likeness (QED) is 0.135. The number of anilines is 4. The summed E-state index contributed by atoms with van der Waals surface area (Å²) in [7, 11) is 0. The van der Waals surface area contributed by atoms with Crippen molar-refractivity contribution in [2.75, 3.05) is 9.80 Å². The van der Waals surface area contributed by atoms with E-state index >= 15 is 0 Å². The fourth-order valence-electron chi connectivity index (χ4n) is 11.5. The van der Waals surface area contributed by atoms with Gasteiger partial charge in [-0.2, -0.15) is 17.4 Å². The number of aromatic nitrogens is 2. The molecule has 2 aliphatic rings. The van der Waals surface area contributed by atoms with Crippen LogP contribution < -0.4 is 14.5 Å². The molecule has 0 bridgehead atoms. The molecule has 2 aromatic heterocycles. The maximum Gasteiger partial charge on any atom is 0.136 e. The molecule has 75 heavy (non-hydrogen) atoms. The molecule has 3 heterocycles. The molecule has 358 valence electrons. The van der Waals surface area contributed by atoms with Crippen molar-refractivity contribution >= 4 is 44.6 Å². The molecule has 0 saturated heterocycles. The Hall–Kier alpha value is -9.27. The van der Waals surface area contributed by atoms with Crippen molar-refractivity contribution in [1.29, 1.82) is 5.26 Å². The van der Waals surface area contributed by atoms with E-state index in [0.29, 0.717) is 22.9 Å². The summed E-state index contributed by atoms with van der Waals surface area (Å²) < 4.78 is 8.72. The molecule has 1 aliphatic heterocycles. The molecular formula is C68H42N5OPt-3. The number of ether oxygens (including phenoxy) is 1. The van der Waals surface area contributed by atoms with Gasteiger partial charge in [0.2, 0.25) is 0 Å². The maximum atomic E-state index is 9.76. The van der Waals surface area contributed by atoms with Crippen LogP contribution in [0.15, 0.2) is 249 Å². The van der Waals surface area contributed by atoms with Crippen LogP contribution in [-0.4, -0.2) is 9.55 Å². The van der Waals surface area contributed by atoms with Gasteiger partial charge in [-0.05, 0) is 92.4 Å². The molecule has 0 fully saturated rings. The zero-order valence-electron chi connectivity index (χ0n) is 40.2. The number of rotatable bonds is 9. The summed E-state index contributed by atoms with van der Waals surface area (Å²) in [6.07, 6.45) is 1.67. The van der Waals surface area contributed by atoms with Crippen LogP contribution in [0.2, 0.25) is 0 Å². The number of pyridine rings is 1. The summed E-state index contributed by atoms with van der Waals surface area (Å²) in [5, 5.41) is 11.8. The van der Waals surface area contributed by atoms with E-state index in [1.54, 1.807) is 18.3 Å². The molecule has 0 amide bonds. The minimum Gasteiger partial charge on any atom is -0.509 e. The van der Waals surface area contributed by atoms with Gasteiger partial charge in [-0.25, -0.2) is 4.98 Å². The maximum absolute atomic E-state index is 9.76. The Kier molecular flexibility index (Phi) is 11.3. The predicted octanol–water partition coefficient (Wildman–Crippen LogP) is 16.5. The first-order chi connectivity index (χ1) is 36.7. The first-order valence-electron chi connectivity index (χ1n) is 24.7. The Labute approximate surface area is 449 Å². The fourth-order valence-corrected chi connectivity index (χ4v) is 11.5. The van der Waals surface area contributed by atoms with Crippen LogP contribution >= 0.6 is 0 Å². The fraction of sp³-hybridized carbons (Fsp3) is 0.0147. The average Bonchev–Trinajstić information content (AvgIpc) is 4.12. The van der Waals surface area contributed by atoms with Crippen LogP contribution in [0.5, 0.6) is 11.5 Å². The minimum atomic E-state index is -0.619. The van der Waals surface area contributed by atoms with E-state index in [9.17, 15) is 5.26 Å². The Morgan fingerprint density at radius 3 is 1.76 bits per heavy atom. The van der Waals surface area contributed by atoms with Crippen LogP contribution in [0.4, 0.5) is 22.7 Å². The Balaban J connectivity index is 0.00000541. The first kappa shape index (κ1) is 45.6. The number of para-hydroxylation sites is 3. The second-order valence-corrected chi connectivity index (χ2v) is 18.7. The summed E-state index contributed by atoms with van der Waals surface area (Å²) in [5.74, 6) is 1.70. The molecule has 0 atom stereocenters. The van der Waals surface area contributed by atoms with Crippen molar-refractivity contribution in [3.05, 3.63) is 295 Å². The van der Waals surface area contributed by atoms with Crippen LogP contribution in [0.3, 0.4) is 0 Å². The number of nitriles is 1. The molecule has 0 unspecified atom stereocenters. The van der Waals surface area contributed by atoms with Crippen molar-refractivity contribution in [2.24, 2.45) is 0 Å². The third-order valence-electron chi connectivity index (χ3n) is 14.6. The minimum absolute atomic E-state index is 0. The van der Waals surface area contributed by atoms with Gasteiger partial charge in [0.15, 0.2) is 0 Å². The van der Waals surface area contributed by atoms with E-state index in [1.165, 1.54) is 33.4 Å². The molecule has 0 spiro atoms. The van der Waals surface area contributed by atoms with E-state index in [1.807, 2.05) is 34.9 Å². The molecule has 0 radical (unpaired) electrons. The average molecular weight is 1140 g/mol. The SMILES string of the molecule is N#Cc1ccnc(-n2c3[c-]c(Oc4[c-]c(N5[CH-]N(c6c(-c7ccccc7)cc(C7(c8ccccc8)c8ccccc8-c8ccccc87)cc6-c6ccccc6)c6ccccc65)ccc4)ccc3c3ccccc32)c1.[Pt]. The molecular weight excluding hydrogens is 1100 g/mol. The van der Waals surface area contributed by atoms with Crippen molar-refractivity contribution < 1.29 is 25.8 Å². The van der Waals surface area contributed by atoms with Gasteiger partial charge in [0.05, 0.1) is 17.0 Å². The van der Waals surface area contributed by atoms with Crippen molar-refractivity contribution in [1.82, 2.24) is 9.55 Å². The van der Waals surface area contributed by atoms with Crippen molar-refractivity contribution in [2.45, 2.75) is 5.41 Å². The summed E-state index contributed by atoms with van der Waals surface area (Å²) in [4.78, 5) is 9.23. The standard InChI is InChI=1S/C68H42N5O.Pt/c69-44-46-37-38-70-66(39-46)73-62-32-15-12-29-56(62)57-36-35-53(43-65(57)73)74-52-26-18-25-51(42-52)71-45-72(64-34-17-16-33-63(64)71)67-58(47-19-4-1-5-20-47)40-50(41-59(67)48-21-6-2-7-22-48)68(49-23-8-3-9-24-49)60-30-13-10-27-54(60)55-28-11-14-31-61(55)68;/h1-41,45H;/q-3;. The summed E-state index contributed by atoms with van der Waals surface area (Å²) in [6, 6.07) is 95.2. The molecule has 6 nitrogen and oxygen atoms in total. The van der Waals surface area contributed by atoms with Crippen molar-refractivity contribution in [3.8, 4) is 56.8 Å². The normalized spacial score (nSPS) is 12.9. The van der Waals surface area contributed by atoms with Gasteiger partial charge in [-0.3, -0.25) is 0 Å². The number of fused-ring (bicyclic) bond motifs is 7. The third kappa shape index (κ3) is 7.38. The van der Waals surface area contributed by atoms with Crippen molar-refractivity contribution in [3.63, 3.8) is 0 Å². The Morgan fingerprint density at radius 2 is 1.08 bits per heavy atom. The number of nitrogens with zero attached hydrogens (tertiary/aromatic N) is 5. The molecule has 7 heteroatoms. The van der Waals surface area contributed by atoms with E-state index in [4.69, 9.17) is 4.74 Å². The van der Waals surface area contributed by atoms with E-state index in [-0.39, 0.29) is 21.1 Å². The van der Waals surface area contributed by atoms with Gasteiger partial charge in [-0.15, -0.1) is 48.1 Å². The van der Waals surface area contributed by atoms with Gasteiger partial charge >= 0.3 is 0 Å². The monoisotopic (exact) mass is 1140 g/mol. The number of benzene rings is 10. The second-order valence-electron chi connectivity index (χ2n) is 18.7. The molecule has 10 aromatic carbocycles. The first-order valence-corrected chi connectivity index (χ1v) is 24.7. The summed E-state index contributed by atoms with van der Waals surface area (Å²) >= 11 is 0. The van der Waals surface area contributed by atoms with Gasteiger partial charge in [0, 0.05) is 72.5 Å². The van der Waals surface area contributed by atoms with Crippen LogP contribution in [0, 0.1) is 30.1 Å². The topological polar surface area (TPSA) is 57.3 Å². The number of hydrogen-bond donors (Lipinski definition) is 0. The molecule has 12 aromatic rings. The second kappa shape index (κ2) is 18.6. The van der Waals surface area contributed by atoms with Crippen LogP contribution in [0.1, 0.15) is 27.8 Å². The third-order valence-corrected chi connectivity index (χ3v) is 14.6. The van der Waals surface area contributed by atoms with E-state index < -0.39 is 5.41 Å². The van der Waals surface area contributed by atoms with Crippen LogP contribution in [-0.2, 0) is 26.5 Å². The number of hydrogen-bond acceptors (Lipinski definition) is 5. The van der Waals surface area contributed by atoms with E-state index in [2.05, 4.69) is 240 Å². The molecule has 0 N–H and O–H groups in total. The van der Waals surface area contributed by atoms with Gasteiger partial charge < -0.3 is 19.1 Å². The zero-order valence-corrected chi connectivity index (χ0v) is 42.5. The van der Waals surface area contributed by atoms with Gasteiger partial charge in [0.1, 0.15) is 5.82 Å². The summed E-state index contributed by atoms with van der Waals surface area (Å²) in [5.41, 5.74) is 17.4. The Bertz CT molecular complexity index is 4080. The molecule has 0 saturated carbocycles. The predicted molar refractivity (Wildman–Crippen MR) is 297 cm³/mol.